The molecule has 0 aliphatic carbocycles. The van der Waals surface area contributed by atoms with Crippen molar-refractivity contribution in [2.75, 3.05) is 13.1 Å². The predicted octanol–water partition coefficient (Wildman–Crippen LogP) is 7.29. The summed E-state index contributed by atoms with van der Waals surface area (Å²) in [7, 11) is 0. The van der Waals surface area contributed by atoms with Crippen LogP contribution in [0.15, 0.2) is 62.0 Å². The minimum Gasteiger partial charge on any atom is -0.358 e. The zero-order chi connectivity index (χ0) is 23.1. The number of imidazole rings is 1. The Morgan fingerprint density at radius 1 is 0.727 bits per heavy atom. The zero-order valence-electron chi connectivity index (χ0n) is 21.7. The van der Waals surface area contributed by atoms with Crippen LogP contribution in [0.25, 0.3) is 11.4 Å². The molecule has 0 atom stereocenters. The number of benzene rings is 2. The van der Waals surface area contributed by atoms with Crippen LogP contribution in [-0.4, -0.2) is 22.2 Å². The van der Waals surface area contributed by atoms with Gasteiger partial charge in [-0.2, -0.15) is 0 Å². The molecule has 1 N–H and O–H groups in total. The molecule has 2 aromatic carbocycles. The molecule has 3 aromatic rings. The number of aromatic nitrogens is 2. The van der Waals surface area contributed by atoms with Crippen LogP contribution in [0.1, 0.15) is 34.8 Å². The zero-order valence-corrected chi connectivity index (χ0v) is 23.2. The van der Waals surface area contributed by atoms with Crippen LogP contribution in [-0.2, 0) is 18.7 Å². The average molecular weight is 541 g/mol. The minimum atomic E-state index is 0. The number of nitrogens with one attached hydrogen (secondary N) is 1. The minimum absolute atomic E-state index is 0. The fourth-order valence-electron chi connectivity index (χ4n) is 4.08. The van der Waals surface area contributed by atoms with Crippen LogP contribution in [0, 0.1) is 60.3 Å². The topological polar surface area (TPSA) is 21.9 Å². The maximum Gasteiger partial charge on any atom is 0 e. The van der Waals surface area contributed by atoms with Crippen LogP contribution < -0.4 is 5.32 Å². The summed E-state index contributed by atoms with van der Waals surface area (Å²) in [5, 5.41) is 3.05. The fraction of sp³-hybridized carbons (Fsp3) is 0.276. The van der Waals surface area contributed by atoms with Crippen molar-refractivity contribution < 1.29 is 20.2 Å². The number of rotatable bonds is 6. The Labute approximate surface area is 214 Å². The van der Waals surface area contributed by atoms with Gasteiger partial charge in [-0.25, -0.2) is 0 Å². The Kier molecular flexibility index (Phi) is 13.1. The second kappa shape index (κ2) is 14.1. The first-order valence-electron chi connectivity index (χ1n) is 10.6. The van der Waals surface area contributed by atoms with Gasteiger partial charge >= 0.3 is 155 Å². The largest absolute Gasteiger partial charge is 0.358 e. The van der Waals surface area contributed by atoms with Crippen molar-refractivity contribution in [2.45, 2.75) is 41.5 Å². The van der Waals surface area contributed by atoms with Crippen molar-refractivity contribution in [1.82, 2.24) is 14.5 Å². The molecule has 0 aliphatic rings. The molecule has 0 bridgehead atoms. The van der Waals surface area contributed by atoms with Gasteiger partial charge < -0.3 is 20.2 Å². The van der Waals surface area contributed by atoms with E-state index in [9.17, 15) is 0 Å². The van der Waals surface area contributed by atoms with Gasteiger partial charge in [-0.05, 0) is 0 Å². The molecule has 0 unspecified atom stereocenters. The van der Waals surface area contributed by atoms with Crippen molar-refractivity contribution in [2.24, 2.45) is 0 Å². The van der Waals surface area contributed by atoms with Crippen molar-refractivity contribution in [3.63, 3.8) is 0 Å². The molecular weight excluding hydrogens is 497 g/mol. The summed E-state index contributed by atoms with van der Waals surface area (Å²) in [6.45, 7) is 21.8. The first kappa shape index (κ1) is 30.8. The number of aryl methyl sites for hydroxylation is 6. The molecule has 1 aromatic heterocycles. The van der Waals surface area contributed by atoms with Gasteiger partial charge in [0.2, 0.25) is 0 Å². The van der Waals surface area contributed by atoms with E-state index < -0.39 is 0 Å². The van der Waals surface area contributed by atoms with Gasteiger partial charge in [0, 0.05) is 14.5 Å². The number of hydrogen-bond donors (Lipinski definition) is 1. The Morgan fingerprint density at radius 3 is 1.30 bits per heavy atom. The maximum atomic E-state index is 3.54. The van der Waals surface area contributed by atoms with Crippen LogP contribution in [0.2, 0.25) is 0 Å². The molecule has 186 valence electrons. The molecule has 33 heavy (non-hydrogen) atoms. The van der Waals surface area contributed by atoms with E-state index in [2.05, 4.69) is 125 Å². The smallest absolute Gasteiger partial charge is 0 e. The molecule has 1 heterocycles. The molecule has 0 amide bonds. The van der Waals surface area contributed by atoms with Gasteiger partial charge in [-0.1, -0.05) is 12.2 Å². The quantitative estimate of drug-likeness (QED) is 0.151. The van der Waals surface area contributed by atoms with E-state index >= 15 is 0 Å². The molecule has 0 radical (unpaired) electrons. The second-order valence-electron chi connectivity index (χ2n) is 8.01. The van der Waals surface area contributed by atoms with E-state index in [0.717, 1.165) is 17.0 Å². The van der Waals surface area contributed by atoms with Crippen LogP contribution in [0.4, 0.5) is 0 Å². The van der Waals surface area contributed by atoms with E-state index in [1.807, 2.05) is 12.2 Å². The maximum absolute atomic E-state index is 3.54. The Balaban J connectivity index is 0. The van der Waals surface area contributed by atoms with Crippen LogP contribution in [0.3, 0.4) is 0 Å². The van der Waals surface area contributed by atoms with E-state index in [1.54, 1.807) is 0 Å². The summed E-state index contributed by atoms with van der Waals surface area (Å²) in [5.41, 5.74) is 10.3. The second-order valence-corrected chi connectivity index (χ2v) is 8.71. The molecule has 0 aliphatic heterocycles. The van der Waals surface area contributed by atoms with Crippen molar-refractivity contribution in [3.8, 4) is 11.4 Å². The van der Waals surface area contributed by atoms with Gasteiger partial charge in [0.25, 0.3) is 0 Å². The summed E-state index contributed by atoms with van der Waals surface area (Å²) in [6.07, 6.45) is 7.93. The van der Waals surface area contributed by atoms with Gasteiger partial charge in [0.1, 0.15) is 0 Å². The molecule has 0 spiro atoms. The van der Waals surface area contributed by atoms with Crippen LogP contribution >= 0.6 is 0 Å². The Morgan fingerprint density at radius 2 is 1.03 bits per heavy atom. The molecule has 0 fully saturated rings. The molecule has 0 saturated carbocycles. The van der Waals surface area contributed by atoms with Gasteiger partial charge in [0.05, 0.1) is 0 Å². The SMILES string of the molecule is C=CCNCC=C.Cc1cc(C)c(-n2ccn(-c3c(C)cc(C)cc3C)[c]2=[Pd])c(C)c1.[2HH].[CH3-].[CH3-]. The van der Waals surface area contributed by atoms with Crippen LogP contribution in [0.5, 0.6) is 0 Å². The summed E-state index contributed by atoms with van der Waals surface area (Å²) in [5.74, 6) is 0. The predicted molar refractivity (Wildman–Crippen MR) is 145 cm³/mol. The van der Waals surface area contributed by atoms with Gasteiger partial charge in [0.15, 0.2) is 0 Å². The number of nitrogens with zero attached hydrogens (tertiary/aromatic N) is 2. The average Bonchev–Trinajstić information content (AvgIpc) is 3.02. The van der Waals surface area contributed by atoms with Gasteiger partial charge in [-0.15, -0.1) is 13.2 Å². The normalized spacial score (nSPS) is 9.82. The van der Waals surface area contributed by atoms with E-state index in [-0.39, 0.29) is 16.3 Å². The van der Waals surface area contributed by atoms with Crippen molar-refractivity contribution >= 4 is 0 Å². The monoisotopic (exact) mass is 540 g/mol. The third-order valence-electron chi connectivity index (χ3n) is 5.06. The standard InChI is InChI=1S/C21H24N2.C6H11N.2CH3.Pd.H2/c1-14-9-16(3)20(17(4)10-14)22-7-8-23(13-22)21-18(5)11-15(2)12-19(21)6;1-3-5-7-6-4-2;;;;/h7-12H,1-6H3;3-4,7H,1-2,5-6H2;2*1H3;;1H/q;;2*-1;;/i;;;;;1+1. The third-order valence-corrected chi connectivity index (χ3v) is 5.81. The van der Waals surface area contributed by atoms with E-state index in [4.69, 9.17) is 0 Å². The molecule has 3 rings (SSSR count). The van der Waals surface area contributed by atoms with Crippen molar-refractivity contribution in [1.29, 1.82) is 0 Å². The molecular formula is C29H43N3Pd-2. The first-order valence-corrected chi connectivity index (χ1v) is 11.3. The summed E-state index contributed by atoms with van der Waals surface area (Å²) >= 11 is 3.50. The van der Waals surface area contributed by atoms with E-state index in [0.29, 0.717) is 0 Å². The summed E-state index contributed by atoms with van der Waals surface area (Å²) in [4.78, 5) is 0. The molecule has 0 saturated heterocycles. The first-order chi connectivity index (χ1) is 14.7. The van der Waals surface area contributed by atoms with Crippen molar-refractivity contribution in [3.05, 3.63) is 114 Å². The molecule has 3 nitrogen and oxygen atoms in total. The summed E-state index contributed by atoms with van der Waals surface area (Å²) in [6, 6.07) is 8.97. The Bertz CT molecular complexity index is 1010. The number of hydrogen-bond acceptors (Lipinski definition) is 1. The Hall–Kier alpha value is -2.25. The summed E-state index contributed by atoms with van der Waals surface area (Å²) < 4.78 is 5.56. The van der Waals surface area contributed by atoms with Gasteiger partial charge in [-0.3, -0.25) is 0 Å². The molecule has 4 heteroatoms. The third kappa shape index (κ3) is 7.64. The van der Waals surface area contributed by atoms with E-state index in [1.165, 1.54) is 44.8 Å². The fourth-order valence-corrected chi connectivity index (χ4v) is 4.65.